The molecule has 2 aromatic heterocycles. The van der Waals surface area contributed by atoms with Crippen LogP contribution in [0, 0.1) is 33.5 Å². The van der Waals surface area contributed by atoms with Gasteiger partial charge in [-0.2, -0.15) is 5.10 Å². The average molecular weight is 354 g/mol. The van der Waals surface area contributed by atoms with Gasteiger partial charge in [-0.3, -0.25) is 15.6 Å². The Morgan fingerprint density at radius 2 is 1.65 bits per heavy atom. The summed E-state index contributed by atoms with van der Waals surface area (Å²) in [7, 11) is 0. The summed E-state index contributed by atoms with van der Waals surface area (Å²) in [6.07, 6.45) is 0. The van der Waals surface area contributed by atoms with Crippen molar-refractivity contribution < 1.29 is 9.18 Å². The van der Waals surface area contributed by atoms with Crippen LogP contribution in [0.15, 0.2) is 30.3 Å². The first kappa shape index (κ1) is 17.5. The van der Waals surface area contributed by atoms with E-state index in [4.69, 9.17) is 0 Å². The lowest BCUT2D eigenvalue weighted by molar-refractivity contribution is 0.0961. The number of rotatable bonds is 4. The summed E-state index contributed by atoms with van der Waals surface area (Å²) >= 11 is 0. The van der Waals surface area contributed by atoms with Crippen LogP contribution in [-0.2, 0) is 0 Å². The molecule has 8 heteroatoms. The van der Waals surface area contributed by atoms with E-state index in [2.05, 4.69) is 25.9 Å². The van der Waals surface area contributed by atoms with Crippen LogP contribution >= 0.6 is 0 Å². The minimum atomic E-state index is -0.351. The number of aryl methyl sites for hydroxylation is 3. The number of halogens is 1. The van der Waals surface area contributed by atoms with Crippen LogP contribution in [-0.4, -0.2) is 25.7 Å². The largest absolute Gasteiger partial charge is 0.273 e. The topological polar surface area (TPSA) is 84.7 Å². The van der Waals surface area contributed by atoms with Crippen LogP contribution in [0.3, 0.4) is 0 Å². The summed E-state index contributed by atoms with van der Waals surface area (Å²) < 4.78 is 14.7. The van der Waals surface area contributed by atoms with Crippen LogP contribution in [0.25, 0.3) is 5.69 Å². The normalized spacial score (nSPS) is 10.7. The van der Waals surface area contributed by atoms with Gasteiger partial charge >= 0.3 is 0 Å². The molecule has 3 rings (SSSR count). The molecule has 0 saturated carbocycles. The third-order valence-electron chi connectivity index (χ3n) is 3.86. The van der Waals surface area contributed by atoms with E-state index in [0.29, 0.717) is 28.6 Å². The smallest absolute Gasteiger partial charge is 0.267 e. The molecular formula is C18H19FN6O. The third kappa shape index (κ3) is 3.53. The zero-order valence-corrected chi connectivity index (χ0v) is 15.0. The second-order valence-corrected chi connectivity index (χ2v) is 5.99. The van der Waals surface area contributed by atoms with E-state index in [-0.39, 0.29) is 11.7 Å². The highest BCUT2D eigenvalue weighted by Crippen LogP contribution is 2.18. The molecule has 0 unspecified atom stereocenters. The number of aromatic nitrogens is 4. The van der Waals surface area contributed by atoms with Crippen molar-refractivity contribution in [2.24, 2.45) is 0 Å². The van der Waals surface area contributed by atoms with Gasteiger partial charge in [-0.25, -0.2) is 19.0 Å². The third-order valence-corrected chi connectivity index (χ3v) is 3.86. The van der Waals surface area contributed by atoms with E-state index in [9.17, 15) is 9.18 Å². The molecule has 0 bridgehead atoms. The SMILES string of the molecule is Cc1cc(C)nc(NNC(=O)c2c(C)nn(-c3ccc(F)cc3)c2C)n1. The molecule has 0 saturated heterocycles. The predicted octanol–water partition coefficient (Wildman–Crippen LogP) is 2.79. The second kappa shape index (κ2) is 6.91. The first-order valence-electron chi connectivity index (χ1n) is 8.06. The first-order chi connectivity index (χ1) is 12.3. The maximum atomic E-state index is 13.1. The van der Waals surface area contributed by atoms with Crippen molar-refractivity contribution in [3.63, 3.8) is 0 Å². The summed E-state index contributed by atoms with van der Waals surface area (Å²) in [6.45, 7) is 7.23. The predicted molar refractivity (Wildman–Crippen MR) is 95.6 cm³/mol. The highest BCUT2D eigenvalue weighted by molar-refractivity contribution is 5.97. The van der Waals surface area contributed by atoms with E-state index in [1.807, 2.05) is 19.9 Å². The molecule has 0 radical (unpaired) electrons. The number of carbonyl (C=O) groups is 1. The molecular weight excluding hydrogens is 335 g/mol. The highest BCUT2D eigenvalue weighted by Gasteiger charge is 2.19. The van der Waals surface area contributed by atoms with Gasteiger partial charge in [-0.1, -0.05) is 0 Å². The Kier molecular flexibility index (Phi) is 4.66. The second-order valence-electron chi connectivity index (χ2n) is 5.99. The number of hydrogen-bond donors (Lipinski definition) is 2. The Bertz CT molecular complexity index is 944. The Balaban J connectivity index is 1.82. The Morgan fingerprint density at radius 3 is 2.27 bits per heavy atom. The van der Waals surface area contributed by atoms with Gasteiger partial charge < -0.3 is 0 Å². The summed E-state index contributed by atoms with van der Waals surface area (Å²) in [5.74, 6) is -0.362. The number of hydrogen-bond acceptors (Lipinski definition) is 5. The van der Waals surface area contributed by atoms with Crippen LogP contribution in [0.1, 0.15) is 33.1 Å². The van der Waals surface area contributed by atoms with Gasteiger partial charge in [0.2, 0.25) is 5.95 Å². The number of carbonyl (C=O) groups excluding carboxylic acids is 1. The number of nitrogens with zero attached hydrogens (tertiary/aromatic N) is 4. The van der Waals surface area contributed by atoms with Gasteiger partial charge in [0, 0.05) is 11.4 Å². The van der Waals surface area contributed by atoms with Crippen molar-refractivity contribution in [1.82, 2.24) is 25.2 Å². The lowest BCUT2D eigenvalue weighted by atomic mass is 10.2. The lowest BCUT2D eigenvalue weighted by Crippen LogP contribution is -2.31. The summed E-state index contributed by atoms with van der Waals surface area (Å²) in [4.78, 5) is 21.0. The molecule has 1 amide bonds. The monoisotopic (exact) mass is 354 g/mol. The summed E-state index contributed by atoms with van der Waals surface area (Å²) in [5, 5.41) is 4.39. The molecule has 7 nitrogen and oxygen atoms in total. The molecule has 0 aliphatic heterocycles. The fraction of sp³-hybridized carbons (Fsp3) is 0.222. The van der Waals surface area contributed by atoms with Crippen molar-refractivity contribution in [1.29, 1.82) is 0 Å². The zero-order valence-electron chi connectivity index (χ0n) is 15.0. The standard InChI is InChI=1S/C18H19FN6O/c1-10-9-11(2)21-18(20-10)23-22-17(26)16-12(3)24-25(13(16)4)15-7-5-14(19)6-8-15/h5-9H,1-4H3,(H,22,26)(H,20,21,23). The van der Waals surface area contributed by atoms with E-state index in [1.54, 1.807) is 30.7 Å². The van der Waals surface area contributed by atoms with E-state index in [1.165, 1.54) is 12.1 Å². The number of nitrogens with one attached hydrogen (secondary N) is 2. The van der Waals surface area contributed by atoms with E-state index < -0.39 is 0 Å². The minimum absolute atomic E-state index is 0.317. The van der Waals surface area contributed by atoms with Crippen molar-refractivity contribution in [3.8, 4) is 5.69 Å². The molecule has 0 aliphatic rings. The Labute approximate surface area is 150 Å². The minimum Gasteiger partial charge on any atom is -0.267 e. The summed E-state index contributed by atoms with van der Waals surface area (Å²) in [5.41, 5.74) is 9.24. The molecule has 1 aromatic carbocycles. The fourth-order valence-corrected chi connectivity index (χ4v) is 2.76. The van der Waals surface area contributed by atoms with Gasteiger partial charge in [0.1, 0.15) is 5.82 Å². The number of anilines is 1. The number of hydrazine groups is 1. The molecule has 2 N–H and O–H groups in total. The van der Waals surface area contributed by atoms with E-state index in [0.717, 1.165) is 11.4 Å². The van der Waals surface area contributed by atoms with Crippen molar-refractivity contribution in [3.05, 3.63) is 64.5 Å². The van der Waals surface area contributed by atoms with Crippen molar-refractivity contribution in [2.75, 3.05) is 5.43 Å². The molecule has 0 atom stereocenters. The van der Waals surface area contributed by atoms with Crippen LogP contribution in [0.5, 0.6) is 0 Å². The maximum absolute atomic E-state index is 13.1. The van der Waals surface area contributed by atoms with Crippen LogP contribution < -0.4 is 10.9 Å². The quantitative estimate of drug-likeness (QED) is 0.704. The Hall–Kier alpha value is -3.29. The zero-order chi connectivity index (χ0) is 18.8. The fourth-order valence-electron chi connectivity index (χ4n) is 2.76. The molecule has 0 spiro atoms. The Morgan fingerprint density at radius 1 is 1.04 bits per heavy atom. The van der Waals surface area contributed by atoms with Crippen molar-refractivity contribution in [2.45, 2.75) is 27.7 Å². The van der Waals surface area contributed by atoms with Gasteiger partial charge in [0.05, 0.1) is 22.6 Å². The summed E-state index contributed by atoms with van der Waals surface area (Å²) in [6, 6.07) is 7.76. The molecule has 2 heterocycles. The average Bonchev–Trinajstić information content (AvgIpc) is 2.87. The van der Waals surface area contributed by atoms with Gasteiger partial charge in [-0.15, -0.1) is 0 Å². The lowest BCUT2D eigenvalue weighted by Gasteiger charge is -2.09. The van der Waals surface area contributed by atoms with Gasteiger partial charge in [0.25, 0.3) is 5.91 Å². The molecule has 0 aliphatic carbocycles. The number of benzene rings is 1. The number of amides is 1. The molecule has 134 valence electrons. The van der Waals surface area contributed by atoms with E-state index >= 15 is 0 Å². The maximum Gasteiger partial charge on any atom is 0.273 e. The molecule has 26 heavy (non-hydrogen) atoms. The van der Waals surface area contributed by atoms with Gasteiger partial charge in [0.15, 0.2) is 0 Å². The highest BCUT2D eigenvalue weighted by atomic mass is 19.1. The van der Waals surface area contributed by atoms with Gasteiger partial charge in [-0.05, 0) is 58.0 Å². The molecule has 0 fully saturated rings. The van der Waals surface area contributed by atoms with Crippen LogP contribution in [0.4, 0.5) is 10.3 Å². The molecule has 3 aromatic rings. The van der Waals surface area contributed by atoms with Crippen LogP contribution in [0.2, 0.25) is 0 Å². The van der Waals surface area contributed by atoms with Crippen molar-refractivity contribution >= 4 is 11.9 Å². The first-order valence-corrected chi connectivity index (χ1v) is 8.06.